The van der Waals surface area contributed by atoms with Gasteiger partial charge in [0.2, 0.25) is 5.91 Å². The molecular weight excluding hydrogens is 464 g/mol. The Hall–Kier alpha value is -3.79. The molecule has 0 heterocycles. The van der Waals surface area contributed by atoms with Crippen LogP contribution in [-0.4, -0.2) is 33.3 Å². The minimum Gasteiger partial charge on any atom is -0.354 e. The Bertz CT molecular complexity index is 1300. The minimum absolute atomic E-state index is 0.0846. The molecule has 0 radical (unpaired) electrons. The van der Waals surface area contributed by atoms with Crippen molar-refractivity contribution in [3.8, 4) is 0 Å². The van der Waals surface area contributed by atoms with Crippen LogP contribution in [-0.2, 0) is 21.2 Å². The molecule has 10 heteroatoms. The molecule has 7 nitrogen and oxygen atoms in total. The zero-order chi connectivity index (χ0) is 24.7. The van der Waals surface area contributed by atoms with Crippen molar-refractivity contribution in [2.75, 3.05) is 17.8 Å². The summed E-state index contributed by atoms with van der Waals surface area (Å²) in [6, 6.07) is 15.0. The van der Waals surface area contributed by atoms with Crippen LogP contribution in [0.15, 0.2) is 71.6 Å². The number of hydrogen-bond donors (Lipinski definition) is 3. The summed E-state index contributed by atoms with van der Waals surface area (Å²) in [5.41, 5.74) is 1.33. The maximum atomic E-state index is 13.8. The predicted octanol–water partition coefficient (Wildman–Crippen LogP) is 3.16. The number of halogens is 2. The van der Waals surface area contributed by atoms with Crippen molar-refractivity contribution in [2.24, 2.45) is 0 Å². The van der Waals surface area contributed by atoms with Crippen LogP contribution in [0.25, 0.3) is 0 Å². The van der Waals surface area contributed by atoms with Crippen LogP contribution in [0.3, 0.4) is 0 Å². The number of hydrogen-bond acceptors (Lipinski definition) is 4. The van der Waals surface area contributed by atoms with Gasteiger partial charge in [-0.25, -0.2) is 17.2 Å². The molecule has 0 saturated heterocycles. The smallest absolute Gasteiger partial charge is 0.261 e. The molecular formula is C24H23F2N3O4S. The summed E-state index contributed by atoms with van der Waals surface area (Å²) in [6.07, 6.45) is 0.0846. The zero-order valence-electron chi connectivity index (χ0n) is 18.3. The Balaban J connectivity index is 1.51. The van der Waals surface area contributed by atoms with Crippen molar-refractivity contribution >= 4 is 27.5 Å². The first-order valence-corrected chi connectivity index (χ1v) is 11.8. The van der Waals surface area contributed by atoms with Crippen molar-refractivity contribution in [2.45, 2.75) is 18.2 Å². The lowest BCUT2D eigenvalue weighted by molar-refractivity contribution is -0.120. The second-order valence-corrected chi connectivity index (χ2v) is 9.19. The van der Waals surface area contributed by atoms with Gasteiger partial charge in [-0.3, -0.25) is 14.3 Å². The number of benzene rings is 3. The van der Waals surface area contributed by atoms with Crippen LogP contribution in [0.4, 0.5) is 14.5 Å². The molecule has 3 N–H and O–H groups in total. The molecule has 0 aliphatic heterocycles. The SMILES string of the molecule is Cc1ccc(S(=O)(=O)Nc2cccc(C(=O)NCCNC(=O)Cc3ccc(F)cc3)c2)cc1F. The highest BCUT2D eigenvalue weighted by molar-refractivity contribution is 7.92. The molecule has 0 aliphatic rings. The van der Waals surface area contributed by atoms with Gasteiger partial charge in [-0.2, -0.15) is 0 Å². The summed E-state index contributed by atoms with van der Waals surface area (Å²) < 4.78 is 54.1. The molecule has 3 aromatic rings. The second-order valence-electron chi connectivity index (χ2n) is 7.51. The number of carbonyl (C=O) groups excluding carboxylic acids is 2. The summed E-state index contributed by atoms with van der Waals surface area (Å²) in [5, 5.41) is 5.28. The standard InChI is InChI=1S/C24H23F2N3O4S/c1-16-5-10-21(15-22(16)26)34(32,33)29-20-4-2-3-18(14-20)24(31)28-12-11-27-23(30)13-17-6-8-19(25)9-7-17/h2-10,14-15,29H,11-13H2,1H3,(H,27,30)(H,28,31). The molecule has 0 saturated carbocycles. The first kappa shape index (κ1) is 24.8. The molecule has 0 atom stereocenters. The minimum atomic E-state index is -4.04. The lowest BCUT2D eigenvalue weighted by Gasteiger charge is -2.11. The van der Waals surface area contributed by atoms with E-state index in [0.717, 1.165) is 6.07 Å². The fraction of sp³-hybridized carbons (Fsp3) is 0.167. The van der Waals surface area contributed by atoms with Crippen LogP contribution in [0.5, 0.6) is 0 Å². The van der Waals surface area contributed by atoms with E-state index in [0.29, 0.717) is 11.1 Å². The Labute approximate surface area is 196 Å². The van der Waals surface area contributed by atoms with Crippen LogP contribution >= 0.6 is 0 Å². The van der Waals surface area contributed by atoms with Crippen molar-refractivity contribution in [3.05, 3.63) is 95.1 Å². The Morgan fingerprint density at radius 2 is 1.59 bits per heavy atom. The normalized spacial score (nSPS) is 11.0. The monoisotopic (exact) mass is 487 g/mol. The topological polar surface area (TPSA) is 104 Å². The van der Waals surface area contributed by atoms with E-state index in [4.69, 9.17) is 0 Å². The lowest BCUT2D eigenvalue weighted by atomic mass is 10.1. The first-order valence-electron chi connectivity index (χ1n) is 10.3. The molecule has 34 heavy (non-hydrogen) atoms. The van der Waals surface area contributed by atoms with Gasteiger partial charge in [0.1, 0.15) is 11.6 Å². The van der Waals surface area contributed by atoms with Gasteiger partial charge in [-0.05, 0) is 60.5 Å². The maximum absolute atomic E-state index is 13.8. The number of nitrogens with one attached hydrogen (secondary N) is 3. The van der Waals surface area contributed by atoms with Crippen LogP contribution < -0.4 is 15.4 Å². The molecule has 0 aromatic heterocycles. The van der Waals surface area contributed by atoms with Gasteiger partial charge in [0.15, 0.2) is 0 Å². The molecule has 178 valence electrons. The molecule has 0 aliphatic carbocycles. The van der Waals surface area contributed by atoms with Crippen molar-refractivity contribution in [3.63, 3.8) is 0 Å². The number of carbonyl (C=O) groups is 2. The largest absolute Gasteiger partial charge is 0.354 e. The Morgan fingerprint density at radius 3 is 2.29 bits per heavy atom. The van der Waals surface area contributed by atoms with E-state index in [2.05, 4.69) is 15.4 Å². The number of amides is 2. The summed E-state index contributed by atoms with van der Waals surface area (Å²) >= 11 is 0. The van der Waals surface area contributed by atoms with Crippen LogP contribution in [0.1, 0.15) is 21.5 Å². The van der Waals surface area contributed by atoms with Gasteiger partial charge in [0.25, 0.3) is 15.9 Å². The van der Waals surface area contributed by atoms with Gasteiger partial charge in [0.05, 0.1) is 11.3 Å². The van der Waals surface area contributed by atoms with Gasteiger partial charge >= 0.3 is 0 Å². The van der Waals surface area contributed by atoms with E-state index in [9.17, 15) is 26.8 Å². The van der Waals surface area contributed by atoms with E-state index in [1.165, 1.54) is 67.6 Å². The highest BCUT2D eigenvalue weighted by Crippen LogP contribution is 2.19. The molecule has 3 aromatic carbocycles. The molecule has 2 amide bonds. The Kier molecular flexibility index (Phi) is 7.95. The third-order valence-electron chi connectivity index (χ3n) is 4.84. The summed E-state index contributed by atoms with van der Waals surface area (Å²) in [7, 11) is -4.04. The van der Waals surface area contributed by atoms with E-state index in [1.807, 2.05) is 0 Å². The summed E-state index contributed by atoms with van der Waals surface area (Å²) in [4.78, 5) is 24.1. The third kappa shape index (κ3) is 6.85. The van der Waals surface area contributed by atoms with Gasteiger partial charge < -0.3 is 10.6 Å². The first-order chi connectivity index (χ1) is 16.1. The van der Waals surface area contributed by atoms with Crippen LogP contribution in [0, 0.1) is 18.6 Å². The lowest BCUT2D eigenvalue weighted by Crippen LogP contribution is -2.35. The molecule has 0 fully saturated rings. The van der Waals surface area contributed by atoms with Gasteiger partial charge in [0, 0.05) is 24.3 Å². The Morgan fingerprint density at radius 1 is 0.882 bits per heavy atom. The van der Waals surface area contributed by atoms with E-state index >= 15 is 0 Å². The molecule has 0 spiro atoms. The molecule has 0 bridgehead atoms. The maximum Gasteiger partial charge on any atom is 0.261 e. The summed E-state index contributed by atoms with van der Waals surface area (Å²) in [5.74, 6) is -1.76. The fourth-order valence-corrected chi connectivity index (χ4v) is 4.07. The van der Waals surface area contributed by atoms with E-state index in [-0.39, 0.29) is 47.4 Å². The zero-order valence-corrected chi connectivity index (χ0v) is 19.1. The third-order valence-corrected chi connectivity index (χ3v) is 6.22. The number of rotatable bonds is 9. The summed E-state index contributed by atoms with van der Waals surface area (Å²) in [6.45, 7) is 1.85. The average molecular weight is 488 g/mol. The number of aryl methyl sites for hydroxylation is 1. The van der Waals surface area contributed by atoms with Gasteiger partial charge in [-0.15, -0.1) is 0 Å². The molecule has 0 unspecified atom stereocenters. The van der Waals surface area contributed by atoms with Gasteiger partial charge in [-0.1, -0.05) is 24.3 Å². The van der Waals surface area contributed by atoms with E-state index < -0.39 is 21.7 Å². The van der Waals surface area contributed by atoms with Crippen LogP contribution in [0.2, 0.25) is 0 Å². The number of anilines is 1. The van der Waals surface area contributed by atoms with Crippen molar-refractivity contribution < 1.29 is 26.8 Å². The highest BCUT2D eigenvalue weighted by atomic mass is 32.2. The van der Waals surface area contributed by atoms with Crippen molar-refractivity contribution in [1.82, 2.24) is 10.6 Å². The van der Waals surface area contributed by atoms with E-state index in [1.54, 1.807) is 0 Å². The quantitative estimate of drug-likeness (QED) is 0.403. The highest BCUT2D eigenvalue weighted by Gasteiger charge is 2.17. The second kappa shape index (κ2) is 10.9. The predicted molar refractivity (Wildman–Crippen MR) is 124 cm³/mol. The molecule has 3 rings (SSSR count). The van der Waals surface area contributed by atoms with Crippen molar-refractivity contribution in [1.29, 1.82) is 0 Å². The fourth-order valence-electron chi connectivity index (χ4n) is 3.01. The average Bonchev–Trinajstić information content (AvgIpc) is 2.79. The number of sulfonamides is 1.